The molecule has 3 rings (SSSR count). The zero-order valence-electron chi connectivity index (χ0n) is 16.2. The molecule has 0 bridgehead atoms. The van der Waals surface area contributed by atoms with Gasteiger partial charge in [-0.05, 0) is 56.2 Å². The Morgan fingerprint density at radius 3 is 2.48 bits per heavy atom. The number of nitrogens with one attached hydrogen (secondary N) is 2. The summed E-state index contributed by atoms with van der Waals surface area (Å²) in [6.07, 6.45) is 0. The second kappa shape index (κ2) is 8.04. The van der Waals surface area contributed by atoms with Crippen LogP contribution < -0.4 is 10.0 Å². The topological polar surface area (TPSA) is 114 Å². The van der Waals surface area contributed by atoms with Crippen molar-refractivity contribution in [3.05, 3.63) is 59.2 Å². The lowest BCUT2D eigenvalue weighted by Gasteiger charge is -2.10. The summed E-state index contributed by atoms with van der Waals surface area (Å²) in [5.41, 5.74) is 3.01. The Labute approximate surface area is 169 Å². The fourth-order valence-electron chi connectivity index (χ4n) is 2.98. The van der Waals surface area contributed by atoms with E-state index in [2.05, 4.69) is 15.0 Å². The minimum absolute atomic E-state index is 0.0738. The van der Waals surface area contributed by atoms with Crippen molar-refractivity contribution in [1.29, 1.82) is 0 Å². The Kier molecular flexibility index (Phi) is 5.69. The molecule has 0 saturated carbocycles. The lowest BCUT2D eigenvalue weighted by molar-refractivity contribution is -0.148. The maximum atomic E-state index is 12.2. The normalized spacial score (nSPS) is 16.6. The van der Waals surface area contributed by atoms with Crippen molar-refractivity contribution in [3.8, 4) is 0 Å². The molecule has 8 nitrogen and oxygen atoms in total. The number of aryl methyl sites for hydroxylation is 2. The Bertz CT molecular complexity index is 1090. The molecule has 0 unspecified atom stereocenters. The highest BCUT2D eigenvalue weighted by molar-refractivity contribution is 7.90. The molecular weight excluding hydrogens is 394 g/mol. The first kappa shape index (κ1) is 20.5. The van der Waals surface area contributed by atoms with Gasteiger partial charge in [0.1, 0.15) is 11.9 Å². The molecule has 0 aromatic heterocycles. The van der Waals surface area contributed by atoms with Crippen LogP contribution in [-0.2, 0) is 24.3 Å². The second-order valence-electron chi connectivity index (χ2n) is 6.79. The van der Waals surface area contributed by atoms with E-state index in [1.54, 1.807) is 18.2 Å². The van der Waals surface area contributed by atoms with Crippen LogP contribution in [0, 0.1) is 13.8 Å². The third-order valence-corrected chi connectivity index (χ3v) is 5.57. The van der Waals surface area contributed by atoms with Gasteiger partial charge in [-0.1, -0.05) is 18.2 Å². The second-order valence-corrected chi connectivity index (χ2v) is 8.44. The van der Waals surface area contributed by atoms with Gasteiger partial charge < -0.3 is 10.1 Å². The number of rotatable bonds is 5. The molecule has 2 N–H and O–H groups in total. The molecule has 1 aliphatic heterocycles. The lowest BCUT2D eigenvalue weighted by Crippen LogP contribution is -2.28. The van der Waals surface area contributed by atoms with Gasteiger partial charge >= 0.3 is 5.97 Å². The molecule has 29 heavy (non-hydrogen) atoms. The summed E-state index contributed by atoms with van der Waals surface area (Å²) in [5, 5.41) is 2.67. The molecule has 1 atom stereocenters. The van der Waals surface area contributed by atoms with Crippen molar-refractivity contribution in [2.45, 2.75) is 31.7 Å². The Morgan fingerprint density at radius 1 is 1.14 bits per heavy atom. The van der Waals surface area contributed by atoms with Crippen LogP contribution in [0.15, 0.2) is 52.4 Å². The number of carbonyl (C=O) groups excluding carboxylic acids is 2. The Morgan fingerprint density at radius 2 is 1.79 bits per heavy atom. The van der Waals surface area contributed by atoms with E-state index < -0.39 is 34.5 Å². The maximum absolute atomic E-state index is 12.2. The predicted molar refractivity (Wildman–Crippen MR) is 108 cm³/mol. The number of carbonyl (C=O) groups is 2. The molecule has 1 amide bonds. The van der Waals surface area contributed by atoms with Gasteiger partial charge in [0.05, 0.1) is 4.90 Å². The monoisotopic (exact) mass is 415 g/mol. The highest BCUT2D eigenvalue weighted by Gasteiger charge is 2.31. The first-order valence-electron chi connectivity index (χ1n) is 8.90. The third kappa shape index (κ3) is 4.80. The fraction of sp³-hybridized carbons (Fsp3) is 0.250. The smallest absolute Gasteiger partial charge is 0.331 e. The lowest BCUT2D eigenvalue weighted by atomic mass is 10.1. The van der Waals surface area contributed by atoms with Crippen LogP contribution in [0.3, 0.4) is 0 Å². The number of benzene rings is 2. The zero-order valence-corrected chi connectivity index (χ0v) is 17.0. The number of nitrogens with zero attached hydrogens (tertiary/aromatic N) is 1. The van der Waals surface area contributed by atoms with Gasteiger partial charge in [0, 0.05) is 11.3 Å². The van der Waals surface area contributed by atoms with Gasteiger partial charge in [0.15, 0.2) is 6.61 Å². The third-order valence-electron chi connectivity index (χ3n) is 4.18. The number of amides is 1. The number of ether oxygens (including phenoxy) is 1. The summed E-state index contributed by atoms with van der Waals surface area (Å²) in [6.45, 7) is 4.83. The van der Waals surface area contributed by atoms with Gasteiger partial charge in [-0.2, -0.15) is 0 Å². The van der Waals surface area contributed by atoms with Crippen molar-refractivity contribution in [2.75, 3.05) is 11.9 Å². The van der Waals surface area contributed by atoms with E-state index >= 15 is 0 Å². The molecule has 9 heteroatoms. The van der Waals surface area contributed by atoms with Gasteiger partial charge in [-0.3, -0.25) is 14.5 Å². The molecule has 0 fully saturated rings. The Hall–Kier alpha value is -3.20. The van der Waals surface area contributed by atoms with Gasteiger partial charge in [0.25, 0.3) is 15.9 Å². The molecule has 0 aliphatic carbocycles. The largest absolute Gasteiger partial charge is 0.454 e. The summed E-state index contributed by atoms with van der Waals surface area (Å²) >= 11 is 0. The van der Waals surface area contributed by atoms with Crippen LogP contribution in [-0.4, -0.2) is 38.8 Å². The number of esters is 1. The summed E-state index contributed by atoms with van der Waals surface area (Å²) in [5.74, 6) is -1.14. The Balaban J connectivity index is 1.61. The van der Waals surface area contributed by atoms with E-state index in [1.807, 2.05) is 32.0 Å². The van der Waals surface area contributed by atoms with Crippen LogP contribution in [0.5, 0.6) is 0 Å². The van der Waals surface area contributed by atoms with E-state index in [-0.39, 0.29) is 10.7 Å². The number of hydrogen-bond acceptors (Lipinski definition) is 6. The number of hydrogen-bond donors (Lipinski definition) is 2. The molecule has 0 radical (unpaired) electrons. The van der Waals surface area contributed by atoms with Gasteiger partial charge in [0.2, 0.25) is 0 Å². The van der Waals surface area contributed by atoms with Crippen LogP contribution in [0.25, 0.3) is 0 Å². The molecule has 1 aliphatic rings. The van der Waals surface area contributed by atoms with E-state index in [4.69, 9.17) is 4.74 Å². The van der Waals surface area contributed by atoms with E-state index in [9.17, 15) is 18.0 Å². The zero-order chi connectivity index (χ0) is 21.2. The van der Waals surface area contributed by atoms with Crippen molar-refractivity contribution in [2.24, 2.45) is 4.99 Å². The molecule has 2 aromatic rings. The highest BCUT2D eigenvalue weighted by Crippen LogP contribution is 2.22. The predicted octanol–water partition coefficient (Wildman–Crippen LogP) is 1.91. The number of fused-ring (bicyclic) bond motifs is 1. The average molecular weight is 415 g/mol. The minimum atomic E-state index is -3.69. The molecule has 152 valence electrons. The first-order chi connectivity index (χ1) is 13.7. The molecule has 1 heterocycles. The fourth-order valence-corrected chi connectivity index (χ4v) is 4.22. The van der Waals surface area contributed by atoms with Gasteiger partial charge in [-0.15, -0.1) is 0 Å². The van der Waals surface area contributed by atoms with Crippen LogP contribution in [0.4, 0.5) is 5.69 Å². The van der Waals surface area contributed by atoms with Crippen LogP contribution in [0.1, 0.15) is 23.6 Å². The molecule has 0 saturated heterocycles. The van der Waals surface area contributed by atoms with E-state index in [1.165, 1.54) is 13.0 Å². The van der Waals surface area contributed by atoms with Crippen LogP contribution in [0.2, 0.25) is 0 Å². The number of aliphatic imine (C=N–C) groups is 1. The number of sulfonamides is 1. The molecule has 0 spiro atoms. The quantitative estimate of drug-likeness (QED) is 0.724. The maximum Gasteiger partial charge on any atom is 0.331 e. The molecule has 2 aromatic carbocycles. The standard InChI is InChI=1S/C20H21N3O5S/c1-12-8-13(2)10-15(9-12)22-18(24)11-28-20(25)14(3)21-19-16-6-4-5-7-17(16)29(26,27)23-19/h4-10,14H,11H2,1-3H3,(H,21,23)(H,22,24)/t14-/m0/s1. The average Bonchev–Trinajstić information content (AvgIpc) is 2.89. The summed E-state index contributed by atoms with van der Waals surface area (Å²) in [7, 11) is -3.69. The SMILES string of the molecule is Cc1cc(C)cc(NC(=O)COC(=O)[C@H](C)N=C2NS(=O)(=O)c3ccccc32)c1. The summed E-state index contributed by atoms with van der Waals surface area (Å²) in [6, 6.07) is 10.9. The van der Waals surface area contributed by atoms with Gasteiger partial charge in [-0.25, -0.2) is 13.2 Å². The van der Waals surface area contributed by atoms with E-state index in [0.29, 0.717) is 11.3 Å². The number of amidine groups is 1. The highest BCUT2D eigenvalue weighted by atomic mass is 32.2. The summed E-state index contributed by atoms with van der Waals surface area (Å²) < 4.78 is 31.5. The minimum Gasteiger partial charge on any atom is -0.454 e. The molecular formula is C20H21N3O5S. The van der Waals surface area contributed by atoms with Crippen molar-refractivity contribution in [3.63, 3.8) is 0 Å². The van der Waals surface area contributed by atoms with Crippen molar-refractivity contribution in [1.82, 2.24) is 4.72 Å². The van der Waals surface area contributed by atoms with Crippen molar-refractivity contribution < 1.29 is 22.7 Å². The first-order valence-corrected chi connectivity index (χ1v) is 10.4. The summed E-state index contributed by atoms with van der Waals surface area (Å²) in [4.78, 5) is 28.4. The van der Waals surface area contributed by atoms with Crippen LogP contribution >= 0.6 is 0 Å². The van der Waals surface area contributed by atoms with Crippen molar-refractivity contribution >= 4 is 33.4 Å². The van der Waals surface area contributed by atoms with E-state index in [0.717, 1.165) is 11.1 Å². The number of anilines is 1.